The summed E-state index contributed by atoms with van der Waals surface area (Å²) in [6.07, 6.45) is 7.97. The van der Waals surface area contributed by atoms with Gasteiger partial charge >= 0.3 is 5.97 Å². The second-order valence-electron chi connectivity index (χ2n) is 10.2. The number of hydrogen-bond acceptors (Lipinski definition) is 4. The highest BCUT2D eigenvalue weighted by atomic mass is 16.5. The first-order chi connectivity index (χ1) is 12.3. The molecule has 0 saturated heterocycles. The second-order valence-corrected chi connectivity index (χ2v) is 10.2. The first kappa shape index (κ1) is 18.7. The monoisotopic (exact) mass is 364 g/mol. The van der Waals surface area contributed by atoms with Gasteiger partial charge in [-0.1, -0.05) is 13.8 Å². The zero-order valence-corrected chi connectivity index (χ0v) is 16.6. The number of aliphatic hydroxyl groups is 2. The van der Waals surface area contributed by atoms with Crippen LogP contribution in [0.15, 0.2) is 0 Å². The molecule has 0 aromatic carbocycles. The van der Waals surface area contributed by atoms with E-state index in [1.807, 2.05) is 0 Å². The Labute approximate surface area is 157 Å². The third-order valence-corrected chi connectivity index (χ3v) is 9.31. The molecule has 4 heteroatoms. The Balaban J connectivity index is 1.69. The average Bonchev–Trinajstić information content (AvgIpc) is 2.88. The predicted octanol–water partition coefficient (Wildman–Crippen LogP) is 3.54. The standard InChI is InChI=1S/C22H36O4/c1-13-10-16(24)11-15-4-5-17-18-6-7-20(25)21(18,3)9-8-19(17)22(13,15)12-26-14(2)23/h13,15-20,24-25H,4-12H2,1-3H3/t13-,15-,16+,17-,18-,19-,20-,21-,22-/m0/s1. The van der Waals surface area contributed by atoms with Crippen LogP contribution in [0.2, 0.25) is 0 Å². The summed E-state index contributed by atoms with van der Waals surface area (Å²) in [5.41, 5.74) is 0.0940. The van der Waals surface area contributed by atoms with Gasteiger partial charge in [0, 0.05) is 12.3 Å². The quantitative estimate of drug-likeness (QED) is 0.736. The summed E-state index contributed by atoms with van der Waals surface area (Å²) in [7, 11) is 0. The van der Waals surface area contributed by atoms with Crippen molar-refractivity contribution in [2.24, 2.45) is 40.4 Å². The van der Waals surface area contributed by atoms with Crippen molar-refractivity contribution in [2.75, 3.05) is 6.61 Å². The van der Waals surface area contributed by atoms with E-state index in [-0.39, 0.29) is 29.0 Å². The van der Waals surface area contributed by atoms with E-state index in [0.717, 1.165) is 44.9 Å². The van der Waals surface area contributed by atoms with E-state index in [1.165, 1.54) is 13.3 Å². The number of hydrogen-bond donors (Lipinski definition) is 2. The summed E-state index contributed by atoms with van der Waals surface area (Å²) in [6.45, 7) is 6.62. The molecule has 0 aliphatic heterocycles. The van der Waals surface area contributed by atoms with Crippen LogP contribution in [0.3, 0.4) is 0 Å². The van der Waals surface area contributed by atoms with Crippen LogP contribution in [0.1, 0.15) is 72.1 Å². The Hall–Kier alpha value is -0.610. The first-order valence-corrected chi connectivity index (χ1v) is 10.8. The minimum Gasteiger partial charge on any atom is -0.465 e. The number of ether oxygens (including phenoxy) is 1. The van der Waals surface area contributed by atoms with E-state index < -0.39 is 0 Å². The van der Waals surface area contributed by atoms with Gasteiger partial charge in [0.25, 0.3) is 0 Å². The van der Waals surface area contributed by atoms with Crippen molar-refractivity contribution in [3.05, 3.63) is 0 Å². The molecule has 0 unspecified atom stereocenters. The largest absolute Gasteiger partial charge is 0.465 e. The van der Waals surface area contributed by atoms with Crippen LogP contribution in [0, 0.1) is 40.4 Å². The number of fused-ring (bicyclic) bond motifs is 5. The number of esters is 1. The molecule has 148 valence electrons. The zero-order valence-electron chi connectivity index (χ0n) is 16.6. The van der Waals surface area contributed by atoms with Gasteiger partial charge in [-0.25, -0.2) is 0 Å². The highest BCUT2D eigenvalue weighted by Crippen LogP contribution is 2.67. The smallest absolute Gasteiger partial charge is 0.302 e. The number of rotatable bonds is 2. The van der Waals surface area contributed by atoms with Crippen LogP contribution in [0.25, 0.3) is 0 Å². The highest BCUT2D eigenvalue weighted by molar-refractivity contribution is 5.65. The number of carbonyl (C=O) groups excluding carboxylic acids is 1. The second kappa shape index (κ2) is 6.48. The number of carbonyl (C=O) groups is 1. The fourth-order valence-corrected chi connectivity index (χ4v) is 8.05. The van der Waals surface area contributed by atoms with E-state index in [9.17, 15) is 15.0 Å². The zero-order chi connectivity index (χ0) is 18.7. The van der Waals surface area contributed by atoms with Crippen molar-refractivity contribution in [3.63, 3.8) is 0 Å². The lowest BCUT2D eigenvalue weighted by atomic mass is 9.42. The van der Waals surface area contributed by atoms with Crippen LogP contribution in [-0.2, 0) is 9.53 Å². The fourth-order valence-electron chi connectivity index (χ4n) is 8.05. The summed E-state index contributed by atoms with van der Waals surface area (Å²) in [4.78, 5) is 11.7. The number of aliphatic hydroxyl groups excluding tert-OH is 2. The maximum atomic E-state index is 11.7. The third kappa shape index (κ3) is 2.58. The highest BCUT2D eigenvalue weighted by Gasteiger charge is 2.63. The van der Waals surface area contributed by atoms with Gasteiger partial charge in [-0.2, -0.15) is 0 Å². The molecule has 26 heavy (non-hydrogen) atoms. The van der Waals surface area contributed by atoms with E-state index in [2.05, 4.69) is 13.8 Å². The van der Waals surface area contributed by atoms with Gasteiger partial charge in [-0.15, -0.1) is 0 Å². The Morgan fingerprint density at radius 2 is 1.85 bits per heavy atom. The molecule has 0 spiro atoms. The molecule has 2 N–H and O–H groups in total. The summed E-state index contributed by atoms with van der Waals surface area (Å²) in [5, 5.41) is 21.0. The normalized spacial score (nSPS) is 53.3. The molecule has 4 aliphatic rings. The molecule has 0 amide bonds. The lowest BCUT2D eigenvalue weighted by Gasteiger charge is -2.63. The molecule has 9 atom stereocenters. The molecule has 4 aliphatic carbocycles. The Bertz CT molecular complexity index is 562. The molecule has 0 aromatic rings. The minimum atomic E-state index is -0.209. The van der Waals surface area contributed by atoms with Crippen LogP contribution in [-0.4, -0.2) is 35.0 Å². The first-order valence-electron chi connectivity index (χ1n) is 10.8. The van der Waals surface area contributed by atoms with Gasteiger partial charge < -0.3 is 14.9 Å². The molecule has 0 bridgehead atoms. The molecule has 0 heterocycles. The topological polar surface area (TPSA) is 66.8 Å². The minimum absolute atomic E-state index is 0.0166. The van der Waals surface area contributed by atoms with E-state index in [4.69, 9.17) is 4.74 Å². The van der Waals surface area contributed by atoms with Crippen LogP contribution in [0.5, 0.6) is 0 Å². The molecule has 4 nitrogen and oxygen atoms in total. The van der Waals surface area contributed by atoms with Crippen LogP contribution >= 0.6 is 0 Å². The van der Waals surface area contributed by atoms with Crippen molar-refractivity contribution in [1.82, 2.24) is 0 Å². The van der Waals surface area contributed by atoms with Crippen LogP contribution in [0.4, 0.5) is 0 Å². The van der Waals surface area contributed by atoms with Crippen LogP contribution < -0.4 is 0 Å². The molecular formula is C22H36O4. The summed E-state index contributed by atoms with van der Waals surface area (Å²) in [6, 6.07) is 0. The lowest BCUT2D eigenvalue weighted by Crippen LogP contribution is -2.60. The van der Waals surface area contributed by atoms with Gasteiger partial charge in [0.15, 0.2) is 0 Å². The van der Waals surface area contributed by atoms with Gasteiger partial charge in [0.05, 0.1) is 18.8 Å². The van der Waals surface area contributed by atoms with E-state index in [0.29, 0.717) is 36.2 Å². The molecule has 4 saturated carbocycles. The summed E-state index contributed by atoms with van der Waals surface area (Å²) in [5.74, 6) is 2.44. The molecule has 4 rings (SSSR count). The average molecular weight is 365 g/mol. The summed E-state index contributed by atoms with van der Waals surface area (Å²) >= 11 is 0. The van der Waals surface area contributed by atoms with Gasteiger partial charge in [0.1, 0.15) is 0 Å². The van der Waals surface area contributed by atoms with E-state index >= 15 is 0 Å². The van der Waals surface area contributed by atoms with Crippen molar-refractivity contribution < 1.29 is 19.7 Å². The predicted molar refractivity (Wildman–Crippen MR) is 99.2 cm³/mol. The molecule has 0 aromatic heterocycles. The Morgan fingerprint density at radius 1 is 1.08 bits per heavy atom. The Kier molecular flexibility index (Phi) is 4.67. The molecule has 0 radical (unpaired) electrons. The van der Waals surface area contributed by atoms with Gasteiger partial charge in [0.2, 0.25) is 0 Å². The fraction of sp³-hybridized carbons (Fsp3) is 0.955. The summed E-state index contributed by atoms with van der Waals surface area (Å²) < 4.78 is 5.68. The van der Waals surface area contributed by atoms with Crippen molar-refractivity contribution in [2.45, 2.75) is 84.3 Å². The van der Waals surface area contributed by atoms with Crippen molar-refractivity contribution in [1.29, 1.82) is 0 Å². The van der Waals surface area contributed by atoms with E-state index in [1.54, 1.807) is 0 Å². The molecule has 4 fully saturated rings. The lowest BCUT2D eigenvalue weighted by molar-refractivity contribution is -0.193. The van der Waals surface area contributed by atoms with Gasteiger partial charge in [-0.05, 0) is 86.4 Å². The maximum Gasteiger partial charge on any atom is 0.302 e. The maximum absolute atomic E-state index is 11.7. The Morgan fingerprint density at radius 3 is 2.58 bits per heavy atom. The SMILES string of the molecule is CC(=O)OC[C@]12[C@@H](CC[C@H]3[C@@H]4CC[C@H](O)[C@@]4(C)CC[C@@H]31)C[C@H](O)C[C@@H]2C. The van der Waals surface area contributed by atoms with Crippen molar-refractivity contribution >= 4 is 5.97 Å². The molecular weight excluding hydrogens is 328 g/mol. The van der Waals surface area contributed by atoms with Crippen molar-refractivity contribution in [3.8, 4) is 0 Å². The third-order valence-electron chi connectivity index (χ3n) is 9.31. The van der Waals surface area contributed by atoms with Gasteiger partial charge in [-0.3, -0.25) is 4.79 Å².